The molecule has 1 aromatic carbocycles. The lowest BCUT2D eigenvalue weighted by atomic mass is 9.65. The van der Waals surface area contributed by atoms with Gasteiger partial charge in [-0.3, -0.25) is 0 Å². The van der Waals surface area contributed by atoms with Gasteiger partial charge in [-0.25, -0.2) is 0 Å². The molecule has 0 aromatic heterocycles. The third kappa shape index (κ3) is 2.08. The van der Waals surface area contributed by atoms with Crippen molar-refractivity contribution in [1.29, 1.82) is 0 Å². The molecule has 0 heterocycles. The minimum absolute atomic E-state index is 0.0662. The summed E-state index contributed by atoms with van der Waals surface area (Å²) >= 11 is 0. The van der Waals surface area contributed by atoms with Gasteiger partial charge in [-0.15, -0.1) is 0 Å². The Morgan fingerprint density at radius 1 is 1.17 bits per heavy atom. The Balaban J connectivity index is 2.56. The largest absolute Gasteiger partial charge is 0.0910 e. The first-order valence-electron chi connectivity index (χ1n) is 6.64. The summed E-state index contributed by atoms with van der Waals surface area (Å²) in [4.78, 5) is 0. The monoisotopic (exact) mass is 238 g/mol. The molecule has 0 fully saturated rings. The minimum Gasteiger partial charge on any atom is -0.0910 e. The zero-order valence-electron chi connectivity index (χ0n) is 11.8. The molecule has 0 N–H and O–H groups in total. The van der Waals surface area contributed by atoms with Gasteiger partial charge in [0.05, 0.1) is 0 Å². The normalized spacial score (nSPS) is 27.6. The van der Waals surface area contributed by atoms with Crippen molar-refractivity contribution >= 4 is 0 Å². The van der Waals surface area contributed by atoms with E-state index >= 15 is 0 Å². The topological polar surface area (TPSA) is 0 Å². The fraction of sp³-hybridized carbons (Fsp3) is 0.333. The Bertz CT molecular complexity index is 517. The summed E-state index contributed by atoms with van der Waals surface area (Å²) in [6.07, 6.45) is 11.2. The molecule has 1 aliphatic carbocycles. The van der Waals surface area contributed by atoms with E-state index in [0.29, 0.717) is 5.92 Å². The molecule has 0 aliphatic heterocycles. The Morgan fingerprint density at radius 2 is 1.89 bits per heavy atom. The summed E-state index contributed by atoms with van der Waals surface area (Å²) in [5, 5.41) is 0. The van der Waals surface area contributed by atoms with Crippen LogP contribution < -0.4 is 0 Å². The minimum atomic E-state index is 0.0662. The van der Waals surface area contributed by atoms with Gasteiger partial charge in [-0.1, -0.05) is 67.1 Å². The van der Waals surface area contributed by atoms with E-state index in [0.717, 1.165) is 0 Å². The van der Waals surface area contributed by atoms with Crippen molar-refractivity contribution in [3.05, 3.63) is 71.3 Å². The average Bonchev–Trinajstić information content (AvgIpc) is 2.35. The van der Waals surface area contributed by atoms with Crippen LogP contribution in [-0.2, 0) is 5.41 Å². The third-order valence-electron chi connectivity index (χ3n) is 4.05. The molecule has 18 heavy (non-hydrogen) atoms. The first-order valence-corrected chi connectivity index (χ1v) is 6.64. The van der Waals surface area contributed by atoms with Crippen LogP contribution in [-0.4, -0.2) is 0 Å². The van der Waals surface area contributed by atoms with Crippen molar-refractivity contribution in [2.75, 3.05) is 0 Å². The van der Waals surface area contributed by atoms with E-state index in [-0.39, 0.29) is 5.41 Å². The number of hydrogen-bond donors (Lipinski definition) is 0. The van der Waals surface area contributed by atoms with Crippen LogP contribution in [0.15, 0.2) is 60.2 Å². The molecule has 0 spiro atoms. The van der Waals surface area contributed by atoms with Crippen LogP contribution in [0, 0.1) is 12.8 Å². The highest BCUT2D eigenvalue weighted by Crippen LogP contribution is 2.42. The SMILES string of the molecule is CC=CC1C(C)=CC=CC1(C)c1ccccc1C. The molecule has 0 nitrogen and oxygen atoms in total. The second kappa shape index (κ2) is 4.97. The van der Waals surface area contributed by atoms with Gasteiger partial charge in [0, 0.05) is 11.3 Å². The van der Waals surface area contributed by atoms with Crippen LogP contribution in [0.4, 0.5) is 0 Å². The van der Waals surface area contributed by atoms with Crippen LogP contribution in [0.3, 0.4) is 0 Å². The standard InChI is InChI=1S/C18H22/c1-5-9-16-15(3)11-8-13-18(16,4)17-12-7-6-10-14(17)2/h5-13,16H,1-4H3. The Labute approximate surface area is 111 Å². The maximum absolute atomic E-state index is 2.34. The molecule has 0 saturated heterocycles. The van der Waals surface area contributed by atoms with E-state index in [1.165, 1.54) is 16.7 Å². The molecule has 0 heteroatoms. The zero-order chi connectivity index (χ0) is 13.2. The van der Waals surface area contributed by atoms with Gasteiger partial charge < -0.3 is 0 Å². The summed E-state index contributed by atoms with van der Waals surface area (Å²) in [6, 6.07) is 8.72. The summed E-state index contributed by atoms with van der Waals surface area (Å²) in [5.41, 5.74) is 4.29. The van der Waals surface area contributed by atoms with Gasteiger partial charge >= 0.3 is 0 Å². The lowest BCUT2D eigenvalue weighted by Gasteiger charge is -2.38. The lowest BCUT2D eigenvalue weighted by Crippen LogP contribution is -2.32. The fourth-order valence-electron chi connectivity index (χ4n) is 3.06. The molecule has 1 aliphatic rings. The molecule has 2 unspecified atom stereocenters. The molecule has 2 rings (SSSR count). The lowest BCUT2D eigenvalue weighted by molar-refractivity contribution is 0.474. The first kappa shape index (κ1) is 12.9. The van der Waals surface area contributed by atoms with E-state index in [4.69, 9.17) is 0 Å². The molecular formula is C18H22. The first-order chi connectivity index (χ1) is 8.59. The Kier molecular flexibility index (Phi) is 3.56. The van der Waals surface area contributed by atoms with Crippen molar-refractivity contribution in [2.24, 2.45) is 5.92 Å². The molecule has 94 valence electrons. The van der Waals surface area contributed by atoms with E-state index in [9.17, 15) is 0 Å². The Hall–Kier alpha value is -1.56. The highest BCUT2D eigenvalue weighted by atomic mass is 14.4. The predicted molar refractivity (Wildman–Crippen MR) is 79.7 cm³/mol. The molecule has 0 bridgehead atoms. The van der Waals surface area contributed by atoms with Crippen molar-refractivity contribution in [3.8, 4) is 0 Å². The van der Waals surface area contributed by atoms with Gasteiger partial charge in [0.25, 0.3) is 0 Å². The Morgan fingerprint density at radius 3 is 2.56 bits per heavy atom. The molecule has 0 saturated carbocycles. The summed E-state index contributed by atoms with van der Waals surface area (Å²) in [5.74, 6) is 0.452. The average molecular weight is 238 g/mol. The number of benzene rings is 1. The number of hydrogen-bond acceptors (Lipinski definition) is 0. The van der Waals surface area contributed by atoms with Gasteiger partial charge in [0.15, 0.2) is 0 Å². The van der Waals surface area contributed by atoms with Crippen LogP contribution in [0.2, 0.25) is 0 Å². The van der Waals surface area contributed by atoms with E-state index < -0.39 is 0 Å². The number of rotatable bonds is 2. The van der Waals surface area contributed by atoms with Crippen LogP contribution >= 0.6 is 0 Å². The predicted octanol–water partition coefficient (Wildman–Crippen LogP) is 4.96. The summed E-state index contributed by atoms with van der Waals surface area (Å²) in [6.45, 7) is 8.87. The molecule has 0 amide bonds. The molecular weight excluding hydrogens is 216 g/mol. The summed E-state index contributed by atoms with van der Waals surface area (Å²) < 4.78 is 0. The highest BCUT2D eigenvalue weighted by molar-refractivity contribution is 5.44. The maximum Gasteiger partial charge on any atom is 0.0209 e. The van der Waals surface area contributed by atoms with Crippen molar-refractivity contribution in [2.45, 2.75) is 33.1 Å². The van der Waals surface area contributed by atoms with Crippen LogP contribution in [0.1, 0.15) is 31.9 Å². The van der Waals surface area contributed by atoms with Gasteiger partial charge in [-0.05, 0) is 31.9 Å². The molecule has 2 atom stereocenters. The number of allylic oxidation sites excluding steroid dienone is 6. The second-order valence-corrected chi connectivity index (χ2v) is 5.37. The van der Waals surface area contributed by atoms with E-state index in [1.807, 2.05) is 0 Å². The molecule has 0 radical (unpaired) electrons. The fourth-order valence-corrected chi connectivity index (χ4v) is 3.06. The smallest absolute Gasteiger partial charge is 0.0209 e. The summed E-state index contributed by atoms with van der Waals surface area (Å²) in [7, 11) is 0. The highest BCUT2D eigenvalue weighted by Gasteiger charge is 2.35. The number of aryl methyl sites for hydroxylation is 1. The van der Waals surface area contributed by atoms with E-state index in [1.54, 1.807) is 0 Å². The maximum atomic E-state index is 2.34. The van der Waals surface area contributed by atoms with Gasteiger partial charge in [0.1, 0.15) is 0 Å². The van der Waals surface area contributed by atoms with E-state index in [2.05, 4.69) is 82.3 Å². The van der Waals surface area contributed by atoms with Crippen molar-refractivity contribution in [3.63, 3.8) is 0 Å². The quantitative estimate of drug-likeness (QED) is 0.639. The van der Waals surface area contributed by atoms with Crippen LogP contribution in [0.5, 0.6) is 0 Å². The zero-order valence-corrected chi connectivity index (χ0v) is 11.8. The van der Waals surface area contributed by atoms with Crippen molar-refractivity contribution in [1.82, 2.24) is 0 Å². The van der Waals surface area contributed by atoms with Gasteiger partial charge in [0.2, 0.25) is 0 Å². The third-order valence-corrected chi connectivity index (χ3v) is 4.05. The van der Waals surface area contributed by atoms with Gasteiger partial charge in [-0.2, -0.15) is 0 Å². The molecule has 1 aromatic rings. The second-order valence-electron chi connectivity index (χ2n) is 5.37. The van der Waals surface area contributed by atoms with Crippen molar-refractivity contribution < 1.29 is 0 Å². The van der Waals surface area contributed by atoms with Crippen LogP contribution in [0.25, 0.3) is 0 Å².